The van der Waals surface area contributed by atoms with E-state index in [0.29, 0.717) is 32.9 Å². The number of benzene rings is 1. The van der Waals surface area contributed by atoms with E-state index in [4.69, 9.17) is 44.9 Å². The highest BCUT2D eigenvalue weighted by atomic mass is 35.5. The molecule has 2 aromatic rings. The summed E-state index contributed by atoms with van der Waals surface area (Å²) in [6.07, 6.45) is 3.48. The predicted molar refractivity (Wildman–Crippen MR) is 81.7 cm³/mol. The normalized spacial score (nSPS) is 10.4. The minimum atomic E-state index is 0.341. The van der Waals surface area contributed by atoms with Crippen LogP contribution in [0.4, 0.5) is 0 Å². The molecule has 0 aliphatic rings. The molecule has 20 heavy (non-hydrogen) atoms. The van der Waals surface area contributed by atoms with E-state index in [0.717, 1.165) is 5.56 Å². The maximum atomic E-state index is 6.24. The van der Waals surface area contributed by atoms with Gasteiger partial charge in [0.15, 0.2) is 10.5 Å². The average Bonchev–Trinajstić information content (AvgIpc) is 2.42. The number of aromatic nitrogens is 2. The largest absolute Gasteiger partial charge is 0.495 e. The van der Waals surface area contributed by atoms with Crippen molar-refractivity contribution >= 4 is 35.4 Å². The van der Waals surface area contributed by atoms with Crippen molar-refractivity contribution < 1.29 is 9.47 Å². The van der Waals surface area contributed by atoms with Gasteiger partial charge >= 0.3 is 0 Å². The molecule has 1 aromatic carbocycles. The van der Waals surface area contributed by atoms with E-state index in [1.54, 1.807) is 30.0 Å². The number of halogens is 2. The molecule has 0 atom stereocenters. The van der Waals surface area contributed by atoms with Gasteiger partial charge in [-0.05, 0) is 24.4 Å². The number of ether oxygens (including phenoxy) is 2. The quantitative estimate of drug-likeness (QED) is 0.794. The minimum Gasteiger partial charge on any atom is -0.495 e. The van der Waals surface area contributed by atoms with Crippen molar-refractivity contribution in [1.29, 1.82) is 0 Å². The van der Waals surface area contributed by atoms with Gasteiger partial charge in [-0.1, -0.05) is 23.2 Å². The van der Waals surface area contributed by atoms with E-state index in [2.05, 4.69) is 4.98 Å². The van der Waals surface area contributed by atoms with Gasteiger partial charge in [-0.15, -0.1) is 0 Å². The van der Waals surface area contributed by atoms with Crippen molar-refractivity contribution in [3.05, 3.63) is 44.9 Å². The molecule has 0 unspecified atom stereocenters. The van der Waals surface area contributed by atoms with E-state index < -0.39 is 0 Å². The highest BCUT2D eigenvalue weighted by molar-refractivity contribution is 7.71. The molecule has 2 rings (SSSR count). The van der Waals surface area contributed by atoms with Gasteiger partial charge in [0.1, 0.15) is 10.8 Å². The fraction of sp³-hybridized carbons (Fsp3) is 0.231. The fourth-order valence-corrected chi connectivity index (χ4v) is 2.76. The van der Waals surface area contributed by atoms with Gasteiger partial charge in [0, 0.05) is 18.0 Å². The van der Waals surface area contributed by atoms with Crippen LogP contribution in [0.25, 0.3) is 0 Å². The van der Waals surface area contributed by atoms with Crippen molar-refractivity contribution in [2.45, 2.75) is 6.54 Å². The van der Waals surface area contributed by atoms with Crippen LogP contribution in [-0.2, 0) is 6.54 Å². The van der Waals surface area contributed by atoms with Crippen LogP contribution >= 0.6 is 35.4 Å². The number of hydrogen-bond donors (Lipinski definition) is 0. The van der Waals surface area contributed by atoms with Crippen LogP contribution in [0.2, 0.25) is 10.0 Å². The Bertz CT molecular complexity index is 689. The van der Waals surface area contributed by atoms with E-state index >= 15 is 0 Å². The molecule has 0 N–H and O–H groups in total. The second-order valence-electron chi connectivity index (χ2n) is 3.93. The Morgan fingerprint density at radius 3 is 2.55 bits per heavy atom. The van der Waals surface area contributed by atoms with Crippen LogP contribution in [0.15, 0.2) is 24.5 Å². The molecular formula is C13H12Cl2N2O2S. The summed E-state index contributed by atoms with van der Waals surface area (Å²) in [5, 5.41) is 0.761. The molecule has 0 saturated heterocycles. The first-order valence-electron chi connectivity index (χ1n) is 5.68. The Hall–Kier alpha value is -1.30. The maximum absolute atomic E-state index is 6.24. The number of nitrogens with zero attached hydrogens (tertiary/aromatic N) is 2. The third kappa shape index (κ3) is 2.90. The summed E-state index contributed by atoms with van der Waals surface area (Å²) in [5.41, 5.74) is 0.799. The predicted octanol–water partition coefficient (Wildman–Crippen LogP) is 3.98. The number of hydrogen-bond acceptors (Lipinski definition) is 4. The minimum absolute atomic E-state index is 0.341. The van der Waals surface area contributed by atoms with E-state index in [9.17, 15) is 0 Å². The van der Waals surface area contributed by atoms with Crippen molar-refractivity contribution in [1.82, 2.24) is 9.55 Å². The standard InChI is InChI=1S/C13H12Cl2N2O2S/c1-18-11-8(6-9(14)12(19-2)10(11)15)7-17-5-3-4-16-13(17)20/h3-6H,7H2,1-2H3. The molecule has 1 heterocycles. The molecule has 7 heteroatoms. The zero-order valence-electron chi connectivity index (χ0n) is 10.9. The lowest BCUT2D eigenvalue weighted by atomic mass is 10.2. The number of methoxy groups -OCH3 is 2. The lowest BCUT2D eigenvalue weighted by Crippen LogP contribution is -2.05. The highest BCUT2D eigenvalue weighted by Gasteiger charge is 2.17. The van der Waals surface area contributed by atoms with Crippen LogP contribution in [0.5, 0.6) is 11.5 Å². The van der Waals surface area contributed by atoms with Crippen molar-refractivity contribution in [2.24, 2.45) is 0 Å². The van der Waals surface area contributed by atoms with Gasteiger partial charge in [-0.3, -0.25) is 0 Å². The molecule has 106 valence electrons. The molecular weight excluding hydrogens is 319 g/mol. The van der Waals surface area contributed by atoms with E-state index in [-0.39, 0.29) is 0 Å². The van der Waals surface area contributed by atoms with Gasteiger partial charge in [0.05, 0.1) is 25.8 Å². The lowest BCUT2D eigenvalue weighted by Gasteiger charge is -2.15. The Labute approximate surface area is 131 Å². The van der Waals surface area contributed by atoms with Gasteiger partial charge < -0.3 is 14.0 Å². The summed E-state index contributed by atoms with van der Waals surface area (Å²) in [7, 11) is 3.05. The summed E-state index contributed by atoms with van der Waals surface area (Å²) in [4.78, 5) is 4.06. The first kappa shape index (κ1) is 15.1. The summed E-state index contributed by atoms with van der Waals surface area (Å²) in [5.74, 6) is 0.905. The molecule has 0 aliphatic heterocycles. The second-order valence-corrected chi connectivity index (χ2v) is 5.08. The summed E-state index contributed by atoms with van der Waals surface area (Å²) >= 11 is 17.6. The molecule has 4 nitrogen and oxygen atoms in total. The molecule has 0 radical (unpaired) electrons. The van der Waals surface area contributed by atoms with Gasteiger partial charge in [0.2, 0.25) is 0 Å². The molecule has 0 aliphatic carbocycles. The fourth-order valence-electron chi connectivity index (χ4n) is 1.85. The van der Waals surface area contributed by atoms with Crippen molar-refractivity contribution in [3.63, 3.8) is 0 Å². The van der Waals surface area contributed by atoms with Gasteiger partial charge in [-0.25, -0.2) is 4.98 Å². The maximum Gasteiger partial charge on any atom is 0.199 e. The third-order valence-electron chi connectivity index (χ3n) is 2.74. The lowest BCUT2D eigenvalue weighted by molar-refractivity contribution is 0.390. The molecule has 0 spiro atoms. The molecule has 0 fully saturated rings. The van der Waals surface area contributed by atoms with Crippen LogP contribution in [0, 0.1) is 4.77 Å². The van der Waals surface area contributed by atoms with Crippen LogP contribution < -0.4 is 9.47 Å². The molecule has 0 bridgehead atoms. The average molecular weight is 331 g/mol. The Morgan fingerprint density at radius 2 is 1.95 bits per heavy atom. The summed E-state index contributed by atoms with van der Waals surface area (Å²) in [6, 6.07) is 3.55. The Morgan fingerprint density at radius 1 is 1.25 bits per heavy atom. The van der Waals surface area contributed by atoms with Crippen molar-refractivity contribution in [2.75, 3.05) is 14.2 Å². The smallest absolute Gasteiger partial charge is 0.199 e. The zero-order valence-corrected chi connectivity index (χ0v) is 13.2. The first-order chi connectivity index (χ1) is 9.58. The number of rotatable bonds is 4. The monoisotopic (exact) mass is 330 g/mol. The first-order valence-corrected chi connectivity index (χ1v) is 6.85. The topological polar surface area (TPSA) is 36.3 Å². The van der Waals surface area contributed by atoms with Crippen LogP contribution in [0.1, 0.15) is 5.56 Å². The summed E-state index contributed by atoms with van der Waals surface area (Å²) in [6.45, 7) is 0.458. The Balaban J connectivity index is 2.52. The zero-order chi connectivity index (χ0) is 14.7. The van der Waals surface area contributed by atoms with E-state index in [1.807, 2.05) is 6.20 Å². The van der Waals surface area contributed by atoms with Crippen molar-refractivity contribution in [3.8, 4) is 11.5 Å². The van der Waals surface area contributed by atoms with E-state index in [1.165, 1.54) is 7.11 Å². The van der Waals surface area contributed by atoms with Gasteiger partial charge in [-0.2, -0.15) is 0 Å². The molecule has 0 saturated carbocycles. The second kappa shape index (κ2) is 6.43. The SMILES string of the molecule is COc1c(Cl)cc(Cn2cccnc2=S)c(OC)c1Cl. The van der Waals surface area contributed by atoms with Gasteiger partial charge in [0.25, 0.3) is 0 Å². The van der Waals surface area contributed by atoms with Crippen LogP contribution in [-0.4, -0.2) is 23.8 Å². The molecule has 1 aromatic heterocycles. The third-order valence-corrected chi connectivity index (χ3v) is 3.70. The van der Waals surface area contributed by atoms with Crippen LogP contribution in [0.3, 0.4) is 0 Å². The molecule has 0 amide bonds. The summed E-state index contributed by atoms with van der Waals surface area (Å²) < 4.78 is 12.8. The highest BCUT2D eigenvalue weighted by Crippen LogP contribution is 2.42. The Kier molecular flexibility index (Phi) is 4.86.